The van der Waals surface area contributed by atoms with E-state index < -0.39 is 0 Å². The van der Waals surface area contributed by atoms with Crippen LogP contribution in [0.2, 0.25) is 0 Å². The largest absolute Gasteiger partial charge is 0.355 e. The van der Waals surface area contributed by atoms with E-state index in [1.807, 2.05) is 115 Å². The van der Waals surface area contributed by atoms with Crippen molar-refractivity contribution in [1.29, 1.82) is 5.26 Å². The molecule has 3 aromatic rings. The summed E-state index contributed by atoms with van der Waals surface area (Å²) in [7, 11) is 1.98. The average Bonchev–Trinajstić information content (AvgIpc) is 3.19. The molecule has 5 nitrogen and oxygen atoms in total. The van der Waals surface area contributed by atoms with E-state index in [4.69, 9.17) is 5.26 Å². The molecule has 0 radical (unpaired) electrons. The van der Waals surface area contributed by atoms with Gasteiger partial charge in [-0.1, -0.05) is 49.1 Å². The molecular weight excluding hydrogens is 454 g/mol. The second kappa shape index (κ2) is 12.7. The first-order chi connectivity index (χ1) is 17.4. The van der Waals surface area contributed by atoms with Gasteiger partial charge in [0.05, 0.1) is 22.9 Å². The van der Waals surface area contributed by atoms with E-state index in [-0.39, 0.29) is 5.41 Å². The predicted molar refractivity (Wildman–Crippen MR) is 156 cm³/mol. The van der Waals surface area contributed by atoms with Crippen molar-refractivity contribution in [3.8, 4) is 6.07 Å². The molecule has 0 saturated heterocycles. The maximum atomic E-state index is 8.87. The van der Waals surface area contributed by atoms with E-state index >= 15 is 0 Å². The summed E-state index contributed by atoms with van der Waals surface area (Å²) in [6, 6.07) is 14.4. The van der Waals surface area contributed by atoms with E-state index in [0.717, 1.165) is 50.9 Å². The van der Waals surface area contributed by atoms with E-state index in [1.54, 1.807) is 0 Å². The average molecular weight is 494 g/mol. The Labute approximate surface area is 222 Å². The Hall–Kier alpha value is -4.17. The zero-order valence-corrected chi connectivity index (χ0v) is 23.5. The Morgan fingerprint density at radius 1 is 1.11 bits per heavy atom. The summed E-state index contributed by atoms with van der Waals surface area (Å²) in [5.74, 6) is 0.907. The van der Waals surface area contributed by atoms with Crippen molar-refractivity contribution in [3.63, 3.8) is 0 Å². The SMILES string of the molecule is C=C/C(=C\c1nc(C)[nH]c1C)c1ccnc(/C(C)=C/N(C)C(=C)C)c1.Cc1ccc(C(C)(C)C#N)cc1. The Balaban J connectivity index is 0.000000335. The van der Waals surface area contributed by atoms with Gasteiger partial charge in [-0.15, -0.1) is 0 Å². The summed E-state index contributed by atoms with van der Waals surface area (Å²) in [5, 5.41) is 8.87. The summed E-state index contributed by atoms with van der Waals surface area (Å²) in [6.45, 7) is 21.8. The van der Waals surface area contributed by atoms with Gasteiger partial charge < -0.3 is 9.88 Å². The molecule has 5 heteroatoms. The van der Waals surface area contributed by atoms with Gasteiger partial charge in [-0.25, -0.2) is 4.98 Å². The number of hydrogen-bond donors (Lipinski definition) is 1. The van der Waals surface area contributed by atoms with Crippen LogP contribution in [-0.2, 0) is 5.41 Å². The molecule has 0 aliphatic heterocycles. The number of H-pyrrole nitrogens is 1. The number of aromatic amines is 1. The van der Waals surface area contributed by atoms with Crippen LogP contribution in [0.15, 0.2) is 73.7 Å². The van der Waals surface area contributed by atoms with Crippen molar-refractivity contribution >= 4 is 17.2 Å². The van der Waals surface area contributed by atoms with Crippen LogP contribution in [0.1, 0.15) is 67.3 Å². The van der Waals surface area contributed by atoms with Gasteiger partial charge in [0.15, 0.2) is 0 Å². The quantitative estimate of drug-likeness (QED) is 0.341. The number of aromatic nitrogens is 3. The lowest BCUT2D eigenvalue weighted by Crippen LogP contribution is -2.13. The molecular formula is C32H39N5. The van der Waals surface area contributed by atoms with Gasteiger partial charge in [0.25, 0.3) is 0 Å². The number of rotatable bonds is 7. The van der Waals surface area contributed by atoms with Crippen LogP contribution in [0.25, 0.3) is 17.2 Å². The van der Waals surface area contributed by atoms with Crippen molar-refractivity contribution in [3.05, 3.63) is 113 Å². The lowest BCUT2D eigenvalue weighted by molar-refractivity contribution is 0.574. The molecule has 37 heavy (non-hydrogen) atoms. The number of nitriles is 1. The van der Waals surface area contributed by atoms with Crippen molar-refractivity contribution < 1.29 is 0 Å². The van der Waals surface area contributed by atoms with Crippen LogP contribution in [0.4, 0.5) is 0 Å². The lowest BCUT2D eigenvalue weighted by Gasteiger charge is -2.15. The molecule has 1 N–H and O–H groups in total. The zero-order chi connectivity index (χ0) is 27.8. The second-order valence-corrected chi connectivity index (χ2v) is 9.83. The van der Waals surface area contributed by atoms with Crippen LogP contribution >= 0.6 is 0 Å². The minimum Gasteiger partial charge on any atom is -0.355 e. The summed E-state index contributed by atoms with van der Waals surface area (Å²) in [4.78, 5) is 14.2. The molecule has 0 amide bonds. The van der Waals surface area contributed by atoms with Gasteiger partial charge >= 0.3 is 0 Å². The third-order valence-corrected chi connectivity index (χ3v) is 6.09. The molecule has 0 aliphatic rings. The van der Waals surface area contributed by atoms with Crippen molar-refractivity contribution in [2.75, 3.05) is 7.05 Å². The van der Waals surface area contributed by atoms with E-state index in [1.165, 1.54) is 5.56 Å². The van der Waals surface area contributed by atoms with Gasteiger partial charge in [0.1, 0.15) is 5.82 Å². The van der Waals surface area contributed by atoms with Crippen molar-refractivity contribution in [2.24, 2.45) is 0 Å². The number of nitrogens with zero attached hydrogens (tertiary/aromatic N) is 4. The maximum Gasteiger partial charge on any atom is 0.103 e. The number of pyridine rings is 1. The Morgan fingerprint density at radius 2 is 1.76 bits per heavy atom. The fraction of sp³-hybridized carbons (Fsp3) is 0.281. The summed E-state index contributed by atoms with van der Waals surface area (Å²) in [6.07, 6.45) is 7.75. The van der Waals surface area contributed by atoms with Crippen LogP contribution in [0.3, 0.4) is 0 Å². The third-order valence-electron chi connectivity index (χ3n) is 6.09. The fourth-order valence-corrected chi connectivity index (χ4v) is 3.50. The van der Waals surface area contributed by atoms with E-state index in [9.17, 15) is 0 Å². The topological polar surface area (TPSA) is 68.6 Å². The van der Waals surface area contributed by atoms with Crippen molar-refractivity contribution in [1.82, 2.24) is 19.9 Å². The van der Waals surface area contributed by atoms with Crippen LogP contribution in [0.5, 0.6) is 0 Å². The molecule has 0 atom stereocenters. The smallest absolute Gasteiger partial charge is 0.103 e. The Bertz CT molecular complexity index is 1340. The van der Waals surface area contributed by atoms with E-state index in [0.29, 0.717) is 0 Å². The standard InChI is InChI=1S/C21H26N4.C11H13N/c1-8-18(11-21-16(5)23-17(6)24-21)19-9-10-22-20(12-19)15(4)13-25(7)14(2)3;1-9-4-6-10(7-5-9)11(2,3)8-12/h8-13H,1-2H2,3-7H3,(H,23,24);4-7H,1-3H3/b15-13+,18-11+;. The minimum absolute atomic E-state index is 0.367. The molecule has 2 heterocycles. The summed E-state index contributed by atoms with van der Waals surface area (Å²) < 4.78 is 0. The van der Waals surface area contributed by atoms with Gasteiger partial charge in [0.2, 0.25) is 0 Å². The zero-order valence-electron chi connectivity index (χ0n) is 23.5. The van der Waals surface area contributed by atoms with Gasteiger partial charge in [-0.3, -0.25) is 4.98 Å². The highest BCUT2D eigenvalue weighted by Crippen LogP contribution is 2.23. The summed E-state index contributed by atoms with van der Waals surface area (Å²) in [5.41, 5.74) is 8.97. The normalized spacial score (nSPS) is 11.8. The molecule has 0 spiro atoms. The van der Waals surface area contributed by atoms with Gasteiger partial charge in [-0.05, 0) is 88.9 Å². The highest BCUT2D eigenvalue weighted by Gasteiger charge is 2.18. The van der Waals surface area contributed by atoms with Gasteiger partial charge in [-0.2, -0.15) is 5.26 Å². The van der Waals surface area contributed by atoms with Crippen molar-refractivity contribution in [2.45, 2.75) is 53.9 Å². The molecule has 2 aromatic heterocycles. The number of allylic oxidation sites excluding steroid dienone is 4. The summed E-state index contributed by atoms with van der Waals surface area (Å²) >= 11 is 0. The highest BCUT2D eigenvalue weighted by atomic mass is 15.1. The number of hydrogen-bond acceptors (Lipinski definition) is 4. The number of nitrogens with one attached hydrogen (secondary N) is 1. The highest BCUT2D eigenvalue weighted by molar-refractivity contribution is 5.87. The lowest BCUT2D eigenvalue weighted by atomic mass is 9.86. The molecule has 0 saturated carbocycles. The van der Waals surface area contributed by atoms with E-state index in [2.05, 4.69) is 40.2 Å². The monoisotopic (exact) mass is 493 g/mol. The molecule has 0 bridgehead atoms. The van der Waals surface area contributed by atoms with Crippen LogP contribution in [0, 0.1) is 32.1 Å². The number of benzene rings is 1. The first-order valence-electron chi connectivity index (χ1n) is 12.3. The number of aryl methyl sites for hydroxylation is 3. The first-order valence-corrected chi connectivity index (χ1v) is 12.3. The minimum atomic E-state index is -0.367. The Kier molecular flexibility index (Phi) is 9.97. The first kappa shape index (κ1) is 29.1. The van der Waals surface area contributed by atoms with Crippen LogP contribution in [-0.4, -0.2) is 26.9 Å². The fourth-order valence-electron chi connectivity index (χ4n) is 3.50. The molecule has 192 valence electrons. The predicted octanol–water partition coefficient (Wildman–Crippen LogP) is 7.77. The third kappa shape index (κ3) is 8.18. The molecule has 0 fully saturated rings. The van der Waals surface area contributed by atoms with Crippen LogP contribution < -0.4 is 0 Å². The molecule has 0 aliphatic carbocycles. The van der Waals surface area contributed by atoms with Gasteiger partial charge in [0, 0.05) is 30.8 Å². The number of imidazole rings is 1. The molecule has 3 rings (SSSR count). The molecule has 0 unspecified atom stereocenters. The molecule has 1 aromatic carbocycles. The second-order valence-electron chi connectivity index (χ2n) is 9.83. The maximum absolute atomic E-state index is 8.87. The Morgan fingerprint density at radius 3 is 2.27 bits per heavy atom.